The molecule has 2 heteroatoms. The Morgan fingerprint density at radius 2 is 2.22 bits per heavy atom. The molecule has 102 valence electrons. The molecule has 2 unspecified atom stereocenters. The molecule has 0 aromatic rings. The van der Waals surface area contributed by atoms with Gasteiger partial charge in [0.25, 0.3) is 0 Å². The van der Waals surface area contributed by atoms with Crippen molar-refractivity contribution in [1.82, 2.24) is 0 Å². The highest BCUT2D eigenvalue weighted by Gasteiger charge is 2.39. The van der Waals surface area contributed by atoms with Gasteiger partial charge in [-0.25, -0.2) is 0 Å². The Hall–Kier alpha value is -1.02. The third-order valence-electron chi connectivity index (χ3n) is 3.70. The Kier molecular flexibility index (Phi) is 6.81. The molecular weight excluding hydrogens is 224 g/mol. The van der Waals surface area contributed by atoms with Gasteiger partial charge < -0.3 is 9.47 Å². The fraction of sp³-hybridized carbons (Fsp3) is 0.625. The minimum absolute atomic E-state index is 0.117. The fourth-order valence-electron chi connectivity index (χ4n) is 2.65. The standard InChI is InChI=1S/C16H26O2/c1-4-11-17-13-16(14-18-12-5-2)10-8-7-9-15(16)6-3/h4-5,7-8,12,15H,1,6,9-11,13-14H2,2-3H3. The van der Waals surface area contributed by atoms with E-state index in [0.29, 0.717) is 12.5 Å². The van der Waals surface area contributed by atoms with Crippen LogP contribution in [-0.4, -0.2) is 19.8 Å². The molecule has 0 saturated heterocycles. The zero-order chi connectivity index (χ0) is 13.3. The van der Waals surface area contributed by atoms with Gasteiger partial charge in [-0.2, -0.15) is 0 Å². The molecule has 18 heavy (non-hydrogen) atoms. The topological polar surface area (TPSA) is 18.5 Å². The van der Waals surface area contributed by atoms with Crippen LogP contribution in [0.25, 0.3) is 0 Å². The molecule has 0 fully saturated rings. The van der Waals surface area contributed by atoms with Crippen molar-refractivity contribution in [2.45, 2.75) is 33.1 Å². The molecule has 2 nitrogen and oxygen atoms in total. The lowest BCUT2D eigenvalue weighted by Crippen LogP contribution is -2.40. The predicted molar refractivity (Wildman–Crippen MR) is 76.4 cm³/mol. The molecule has 0 saturated carbocycles. The minimum Gasteiger partial charge on any atom is -0.501 e. The van der Waals surface area contributed by atoms with Crippen LogP contribution in [0.4, 0.5) is 0 Å². The maximum atomic E-state index is 5.73. The summed E-state index contributed by atoms with van der Waals surface area (Å²) in [5.41, 5.74) is 0.117. The van der Waals surface area contributed by atoms with E-state index in [1.54, 1.807) is 12.3 Å². The van der Waals surface area contributed by atoms with Crippen LogP contribution in [0, 0.1) is 11.3 Å². The summed E-state index contributed by atoms with van der Waals surface area (Å²) in [6, 6.07) is 0. The molecule has 0 aliphatic heterocycles. The van der Waals surface area contributed by atoms with Crippen LogP contribution in [0.15, 0.2) is 37.1 Å². The maximum Gasteiger partial charge on any atom is 0.0957 e. The normalized spacial score (nSPS) is 27.6. The smallest absolute Gasteiger partial charge is 0.0957 e. The van der Waals surface area contributed by atoms with Crippen molar-refractivity contribution in [1.29, 1.82) is 0 Å². The molecule has 0 heterocycles. The maximum absolute atomic E-state index is 5.73. The number of rotatable bonds is 8. The predicted octanol–water partition coefficient (Wildman–Crippen LogP) is 4.10. The largest absolute Gasteiger partial charge is 0.501 e. The summed E-state index contributed by atoms with van der Waals surface area (Å²) >= 11 is 0. The number of hydrogen-bond acceptors (Lipinski definition) is 2. The van der Waals surface area contributed by atoms with Crippen LogP contribution in [0.3, 0.4) is 0 Å². The van der Waals surface area contributed by atoms with Gasteiger partial charge in [0, 0.05) is 5.41 Å². The van der Waals surface area contributed by atoms with E-state index in [-0.39, 0.29) is 5.41 Å². The zero-order valence-corrected chi connectivity index (χ0v) is 11.7. The molecule has 0 aromatic carbocycles. The lowest BCUT2D eigenvalue weighted by atomic mass is 9.68. The first-order valence-electron chi connectivity index (χ1n) is 6.85. The van der Waals surface area contributed by atoms with E-state index in [2.05, 4.69) is 25.7 Å². The van der Waals surface area contributed by atoms with Gasteiger partial charge in [0.05, 0.1) is 26.1 Å². The molecule has 0 spiro atoms. The van der Waals surface area contributed by atoms with Crippen LogP contribution in [0.1, 0.15) is 33.1 Å². The Balaban J connectivity index is 2.70. The van der Waals surface area contributed by atoms with Crippen LogP contribution in [0.2, 0.25) is 0 Å². The molecule has 0 aromatic heterocycles. The highest BCUT2D eigenvalue weighted by Crippen LogP contribution is 2.41. The molecular formula is C16H26O2. The minimum atomic E-state index is 0.117. The lowest BCUT2D eigenvalue weighted by Gasteiger charge is -2.41. The van der Waals surface area contributed by atoms with E-state index in [9.17, 15) is 0 Å². The lowest BCUT2D eigenvalue weighted by molar-refractivity contribution is -0.0308. The average Bonchev–Trinajstić information content (AvgIpc) is 2.40. The number of allylic oxidation sites excluding steroid dienone is 3. The van der Waals surface area contributed by atoms with Gasteiger partial charge in [-0.1, -0.05) is 37.6 Å². The second-order valence-corrected chi connectivity index (χ2v) is 4.96. The van der Waals surface area contributed by atoms with Crippen molar-refractivity contribution in [3.8, 4) is 0 Å². The summed E-state index contributed by atoms with van der Waals surface area (Å²) in [5.74, 6) is 0.637. The Morgan fingerprint density at radius 3 is 2.89 bits per heavy atom. The first-order valence-corrected chi connectivity index (χ1v) is 6.85. The van der Waals surface area contributed by atoms with E-state index in [0.717, 1.165) is 26.1 Å². The van der Waals surface area contributed by atoms with Crippen molar-refractivity contribution in [2.24, 2.45) is 11.3 Å². The second-order valence-electron chi connectivity index (χ2n) is 4.96. The molecule has 0 radical (unpaired) electrons. The van der Waals surface area contributed by atoms with Gasteiger partial charge in [-0.05, 0) is 25.7 Å². The number of hydrogen-bond donors (Lipinski definition) is 0. The Morgan fingerprint density at radius 1 is 1.39 bits per heavy atom. The van der Waals surface area contributed by atoms with Crippen LogP contribution in [-0.2, 0) is 9.47 Å². The van der Waals surface area contributed by atoms with Crippen molar-refractivity contribution >= 4 is 0 Å². The van der Waals surface area contributed by atoms with Crippen LogP contribution < -0.4 is 0 Å². The molecule has 2 atom stereocenters. The van der Waals surface area contributed by atoms with Gasteiger partial charge in [0.1, 0.15) is 0 Å². The summed E-state index contributed by atoms with van der Waals surface area (Å²) in [6.07, 6.45) is 13.4. The van der Waals surface area contributed by atoms with E-state index in [1.807, 2.05) is 13.0 Å². The van der Waals surface area contributed by atoms with Crippen LogP contribution in [0.5, 0.6) is 0 Å². The zero-order valence-electron chi connectivity index (χ0n) is 11.7. The van der Waals surface area contributed by atoms with Gasteiger partial charge in [0.15, 0.2) is 0 Å². The van der Waals surface area contributed by atoms with Gasteiger partial charge in [0.2, 0.25) is 0 Å². The summed E-state index contributed by atoms with van der Waals surface area (Å²) in [7, 11) is 0. The van der Waals surface area contributed by atoms with E-state index in [4.69, 9.17) is 9.47 Å². The average molecular weight is 250 g/mol. The third kappa shape index (κ3) is 4.02. The van der Waals surface area contributed by atoms with Crippen molar-refractivity contribution in [3.05, 3.63) is 37.1 Å². The Labute approximate surface area is 111 Å². The monoisotopic (exact) mass is 250 g/mol. The molecule has 0 N–H and O–H groups in total. The van der Waals surface area contributed by atoms with Crippen molar-refractivity contribution in [2.75, 3.05) is 19.8 Å². The molecule has 1 aliphatic carbocycles. The number of ether oxygens (including phenoxy) is 2. The molecule has 1 rings (SSSR count). The highest BCUT2D eigenvalue weighted by atomic mass is 16.5. The van der Waals surface area contributed by atoms with Gasteiger partial charge >= 0.3 is 0 Å². The SMILES string of the molecule is C=CCOCC1(COC=CC)CC=CCC1CC. The summed E-state index contributed by atoms with van der Waals surface area (Å²) in [4.78, 5) is 0. The molecule has 0 bridgehead atoms. The van der Waals surface area contributed by atoms with E-state index < -0.39 is 0 Å². The first kappa shape index (κ1) is 15.0. The molecule has 0 amide bonds. The second kappa shape index (κ2) is 8.15. The molecule has 1 aliphatic rings. The van der Waals surface area contributed by atoms with Gasteiger partial charge in [-0.15, -0.1) is 6.58 Å². The summed E-state index contributed by atoms with van der Waals surface area (Å²) in [6.45, 7) is 10.0. The quantitative estimate of drug-likeness (QED) is 0.367. The van der Waals surface area contributed by atoms with Crippen molar-refractivity contribution < 1.29 is 9.47 Å². The first-order chi connectivity index (χ1) is 8.79. The Bertz CT molecular complexity index is 293. The van der Waals surface area contributed by atoms with Gasteiger partial charge in [-0.3, -0.25) is 0 Å². The van der Waals surface area contributed by atoms with E-state index >= 15 is 0 Å². The summed E-state index contributed by atoms with van der Waals surface area (Å²) < 4.78 is 11.4. The third-order valence-corrected chi connectivity index (χ3v) is 3.70. The van der Waals surface area contributed by atoms with Crippen molar-refractivity contribution in [3.63, 3.8) is 0 Å². The highest BCUT2D eigenvalue weighted by molar-refractivity contribution is 5.02. The fourth-order valence-corrected chi connectivity index (χ4v) is 2.65. The van der Waals surface area contributed by atoms with Crippen LogP contribution >= 0.6 is 0 Å². The van der Waals surface area contributed by atoms with E-state index in [1.165, 1.54) is 6.42 Å². The summed E-state index contributed by atoms with van der Waals surface area (Å²) in [5, 5.41) is 0.